The van der Waals surface area contributed by atoms with Gasteiger partial charge in [-0.3, -0.25) is 0 Å². The third-order valence-corrected chi connectivity index (χ3v) is 2.43. The molecule has 1 heterocycles. The smallest absolute Gasteiger partial charge is 0.422 e. The Balaban J connectivity index is 3.35. The Morgan fingerprint density at radius 2 is 1.13 bits per heavy atom. The summed E-state index contributed by atoms with van der Waals surface area (Å²) in [5.41, 5.74) is 0. The molecule has 1 aliphatic rings. The Morgan fingerprint density at radius 1 is 0.783 bits per heavy atom. The first-order valence-electron chi connectivity index (χ1n) is 4.97. The molecule has 1 aliphatic heterocycles. The van der Waals surface area contributed by atoms with Gasteiger partial charge in [0.05, 0.1) is 0 Å². The lowest BCUT2D eigenvalue weighted by molar-refractivity contribution is -0.303. The Kier molecular flexibility index (Phi) is 4.20. The lowest BCUT2D eigenvalue weighted by Crippen LogP contribution is -2.51. The largest absolute Gasteiger partial charge is 0.458 e. The highest BCUT2D eigenvalue weighted by Gasteiger charge is 2.94. The van der Waals surface area contributed by atoms with Crippen molar-refractivity contribution in [2.45, 2.75) is 30.1 Å². The molecule has 0 aliphatic carbocycles. The third kappa shape index (κ3) is 2.62. The Hall–Kier alpha value is -1.57. The van der Waals surface area contributed by atoms with E-state index in [0.29, 0.717) is 0 Å². The van der Waals surface area contributed by atoms with Gasteiger partial charge in [0.15, 0.2) is 6.61 Å². The van der Waals surface area contributed by atoms with Gasteiger partial charge in [-0.2, -0.15) is 57.1 Å². The zero-order valence-corrected chi connectivity index (χ0v) is 9.98. The van der Waals surface area contributed by atoms with Gasteiger partial charge in [0.1, 0.15) is 0 Å². The van der Waals surface area contributed by atoms with Crippen molar-refractivity contribution in [2.75, 3.05) is 6.61 Å². The molecular formula is C8H2F13NO. The minimum Gasteiger partial charge on any atom is -0.458 e. The molecule has 0 atom stereocenters. The van der Waals surface area contributed by atoms with Gasteiger partial charge in [0.2, 0.25) is 0 Å². The van der Waals surface area contributed by atoms with Crippen molar-refractivity contribution in [2.24, 2.45) is 0 Å². The van der Waals surface area contributed by atoms with E-state index in [2.05, 4.69) is 4.74 Å². The molecule has 15 heteroatoms. The van der Waals surface area contributed by atoms with Gasteiger partial charge in [-0.05, 0) is 0 Å². The number of nitrogens with zero attached hydrogens (tertiary/aromatic N) is 1. The molecule has 0 bridgehead atoms. The van der Waals surface area contributed by atoms with Crippen molar-refractivity contribution in [1.82, 2.24) is 4.90 Å². The molecule has 0 aromatic heterocycles. The zero-order chi connectivity index (χ0) is 18.6. The normalized spacial score (nSPS) is 26.0. The molecular weight excluding hydrogens is 373 g/mol. The standard InChI is InChI=1S/C8H2F13NO/c9-2(3(10)23-1-4(11,12)13)22-7(18,19)5(14,15)6(16,17)8(22,20)21/h1H2/b3-2-. The predicted octanol–water partition coefficient (Wildman–Crippen LogP) is 4.40. The van der Waals surface area contributed by atoms with Crippen molar-refractivity contribution in [3.05, 3.63) is 12.0 Å². The fraction of sp³-hybridized carbons (Fsp3) is 0.750. The Bertz CT molecular complexity index is 481. The summed E-state index contributed by atoms with van der Waals surface area (Å²) < 4.78 is 166. The average Bonchev–Trinajstić information content (AvgIpc) is 2.39. The van der Waals surface area contributed by atoms with Crippen molar-refractivity contribution < 1.29 is 61.8 Å². The minimum absolute atomic E-state index is 2.73. The maximum absolute atomic E-state index is 13.1. The first-order valence-corrected chi connectivity index (χ1v) is 4.97. The molecule has 2 nitrogen and oxygen atoms in total. The number of alkyl halides is 11. The van der Waals surface area contributed by atoms with E-state index in [1.54, 1.807) is 0 Å². The lowest BCUT2D eigenvalue weighted by atomic mass is 10.2. The Morgan fingerprint density at radius 3 is 1.43 bits per heavy atom. The fourth-order valence-corrected chi connectivity index (χ4v) is 1.37. The van der Waals surface area contributed by atoms with Gasteiger partial charge in [0.25, 0.3) is 5.95 Å². The summed E-state index contributed by atoms with van der Waals surface area (Å²) in [4.78, 5) is -2.97. The van der Waals surface area contributed by atoms with Gasteiger partial charge >= 0.3 is 36.1 Å². The summed E-state index contributed by atoms with van der Waals surface area (Å²) in [6, 6.07) is -16.8. The van der Waals surface area contributed by atoms with Crippen LogP contribution in [-0.4, -0.2) is 41.6 Å². The summed E-state index contributed by atoms with van der Waals surface area (Å²) in [5.74, 6) is -17.6. The first kappa shape index (κ1) is 19.5. The van der Waals surface area contributed by atoms with E-state index < -0.39 is 53.6 Å². The van der Waals surface area contributed by atoms with E-state index in [1.807, 2.05) is 0 Å². The van der Waals surface area contributed by atoms with Crippen LogP contribution in [0.25, 0.3) is 0 Å². The van der Waals surface area contributed by atoms with Gasteiger partial charge in [0, 0.05) is 0 Å². The van der Waals surface area contributed by atoms with Crippen LogP contribution >= 0.6 is 0 Å². The van der Waals surface area contributed by atoms with E-state index in [0.717, 1.165) is 0 Å². The van der Waals surface area contributed by atoms with Crippen LogP contribution in [0.15, 0.2) is 12.0 Å². The molecule has 0 radical (unpaired) electrons. The highest BCUT2D eigenvalue weighted by molar-refractivity contribution is 5.17. The van der Waals surface area contributed by atoms with Crippen LogP contribution in [0, 0.1) is 0 Å². The third-order valence-electron chi connectivity index (χ3n) is 2.43. The number of halogens is 13. The summed E-state index contributed by atoms with van der Waals surface area (Å²) >= 11 is 0. The van der Waals surface area contributed by atoms with E-state index >= 15 is 0 Å². The second-order valence-corrected chi connectivity index (χ2v) is 4.04. The number of hydrogen-bond acceptors (Lipinski definition) is 2. The van der Waals surface area contributed by atoms with Gasteiger partial charge in [-0.15, -0.1) is 0 Å². The quantitative estimate of drug-likeness (QED) is 0.412. The van der Waals surface area contributed by atoms with E-state index in [-0.39, 0.29) is 0 Å². The molecule has 1 saturated heterocycles. The summed E-state index contributed by atoms with van der Waals surface area (Å²) in [6.07, 6.45) is -5.40. The number of likely N-dealkylation sites (tertiary alicyclic amines) is 1. The SMILES string of the molecule is F/C(OCC(F)(F)F)=C(\F)N1C(F)(F)C(F)(F)C(F)(F)C1(F)F. The lowest BCUT2D eigenvalue weighted by Gasteiger charge is -2.27. The van der Waals surface area contributed by atoms with Crippen molar-refractivity contribution >= 4 is 0 Å². The summed E-state index contributed by atoms with van der Waals surface area (Å²) in [5, 5.41) is 0. The van der Waals surface area contributed by atoms with Crippen LogP contribution in [0.2, 0.25) is 0 Å². The molecule has 1 rings (SSSR count). The van der Waals surface area contributed by atoms with E-state index in [4.69, 9.17) is 0 Å². The van der Waals surface area contributed by atoms with Crippen LogP contribution in [0.5, 0.6) is 0 Å². The predicted molar refractivity (Wildman–Crippen MR) is 42.9 cm³/mol. The molecule has 0 N–H and O–H groups in total. The molecule has 0 aromatic rings. The second kappa shape index (κ2) is 4.96. The average molecular weight is 375 g/mol. The molecule has 0 unspecified atom stereocenters. The van der Waals surface area contributed by atoms with E-state index in [1.165, 1.54) is 0 Å². The molecule has 0 aromatic carbocycles. The molecule has 136 valence electrons. The number of hydrogen-bond donors (Lipinski definition) is 0. The van der Waals surface area contributed by atoms with Gasteiger partial charge in [-0.25, -0.2) is 4.90 Å². The van der Waals surface area contributed by atoms with Crippen molar-refractivity contribution in [3.63, 3.8) is 0 Å². The van der Waals surface area contributed by atoms with Gasteiger partial charge in [-0.1, -0.05) is 0 Å². The summed E-state index contributed by atoms with van der Waals surface area (Å²) in [6.45, 7) is -2.73. The molecule has 0 amide bonds. The molecule has 0 saturated carbocycles. The second-order valence-electron chi connectivity index (χ2n) is 4.04. The minimum atomic E-state index is -6.87. The highest BCUT2D eigenvalue weighted by Crippen LogP contribution is 2.64. The number of rotatable bonds is 3. The topological polar surface area (TPSA) is 12.5 Å². The van der Waals surface area contributed by atoms with Crippen molar-refractivity contribution in [1.29, 1.82) is 0 Å². The van der Waals surface area contributed by atoms with Crippen LogP contribution < -0.4 is 0 Å². The number of ether oxygens (including phenoxy) is 1. The van der Waals surface area contributed by atoms with Crippen LogP contribution in [0.1, 0.15) is 0 Å². The first-order chi connectivity index (χ1) is 9.91. The van der Waals surface area contributed by atoms with Crippen LogP contribution in [0.4, 0.5) is 57.1 Å². The van der Waals surface area contributed by atoms with Crippen LogP contribution in [0.3, 0.4) is 0 Å². The maximum atomic E-state index is 13.1. The molecule has 1 fully saturated rings. The molecule has 0 spiro atoms. The fourth-order valence-electron chi connectivity index (χ4n) is 1.37. The monoisotopic (exact) mass is 375 g/mol. The van der Waals surface area contributed by atoms with Crippen molar-refractivity contribution in [3.8, 4) is 0 Å². The zero-order valence-electron chi connectivity index (χ0n) is 9.98. The van der Waals surface area contributed by atoms with Gasteiger partial charge < -0.3 is 4.74 Å². The highest BCUT2D eigenvalue weighted by atomic mass is 19.4. The Labute approximate surface area is 117 Å². The maximum Gasteiger partial charge on any atom is 0.422 e. The molecule has 23 heavy (non-hydrogen) atoms. The summed E-state index contributed by atoms with van der Waals surface area (Å²) in [7, 11) is 0. The van der Waals surface area contributed by atoms with Crippen LogP contribution in [-0.2, 0) is 4.74 Å². The van der Waals surface area contributed by atoms with E-state index in [9.17, 15) is 57.1 Å².